The molecule has 0 unspecified atom stereocenters. The molecular formula is C16H18N6O. The summed E-state index contributed by atoms with van der Waals surface area (Å²) in [4.78, 5) is 18.6. The van der Waals surface area contributed by atoms with Gasteiger partial charge in [0.25, 0.3) is 5.91 Å². The minimum atomic E-state index is 0.0310. The van der Waals surface area contributed by atoms with E-state index >= 15 is 0 Å². The van der Waals surface area contributed by atoms with Crippen LogP contribution in [0.3, 0.4) is 0 Å². The summed E-state index contributed by atoms with van der Waals surface area (Å²) >= 11 is 0. The van der Waals surface area contributed by atoms with Gasteiger partial charge in [-0.05, 0) is 25.0 Å². The van der Waals surface area contributed by atoms with Gasteiger partial charge in [-0.15, -0.1) is 10.2 Å². The molecule has 1 aliphatic heterocycles. The maximum absolute atomic E-state index is 12.7. The fraction of sp³-hybridized carbons (Fsp3) is 0.375. The van der Waals surface area contributed by atoms with Crippen LogP contribution >= 0.6 is 0 Å². The first-order valence-electron chi connectivity index (χ1n) is 7.79. The number of amides is 1. The number of aryl methyl sites for hydroxylation is 1. The molecule has 4 heterocycles. The summed E-state index contributed by atoms with van der Waals surface area (Å²) in [5.41, 5.74) is 1.47. The highest BCUT2D eigenvalue weighted by Crippen LogP contribution is 2.26. The monoisotopic (exact) mass is 310 g/mol. The summed E-state index contributed by atoms with van der Waals surface area (Å²) in [5.74, 6) is 1.17. The molecule has 1 atom stereocenters. The van der Waals surface area contributed by atoms with E-state index in [2.05, 4.69) is 15.2 Å². The lowest BCUT2D eigenvalue weighted by molar-refractivity contribution is 0.0694. The molecule has 4 rings (SSSR count). The van der Waals surface area contributed by atoms with Crippen LogP contribution in [0.5, 0.6) is 0 Å². The molecule has 7 heteroatoms. The minimum absolute atomic E-state index is 0.0310. The highest BCUT2D eigenvalue weighted by Gasteiger charge is 2.29. The molecule has 0 spiro atoms. The molecule has 0 N–H and O–H groups in total. The molecule has 0 saturated carbocycles. The zero-order valence-electron chi connectivity index (χ0n) is 13.0. The van der Waals surface area contributed by atoms with Crippen molar-refractivity contribution < 1.29 is 4.79 Å². The summed E-state index contributed by atoms with van der Waals surface area (Å²) in [6, 6.07) is 5.87. The fourth-order valence-corrected chi connectivity index (χ4v) is 3.24. The second-order valence-electron chi connectivity index (χ2n) is 5.97. The maximum atomic E-state index is 12.7. The Balaban J connectivity index is 1.60. The Hall–Kier alpha value is -2.70. The van der Waals surface area contributed by atoms with Crippen LogP contribution in [0.2, 0.25) is 0 Å². The van der Waals surface area contributed by atoms with Gasteiger partial charge in [0, 0.05) is 32.3 Å². The number of nitrogens with zero attached hydrogens (tertiary/aromatic N) is 6. The predicted molar refractivity (Wildman–Crippen MR) is 84.1 cm³/mol. The first-order chi connectivity index (χ1) is 11.2. The van der Waals surface area contributed by atoms with Crippen LogP contribution in [0, 0.1) is 0 Å². The van der Waals surface area contributed by atoms with Gasteiger partial charge in [-0.2, -0.15) is 0 Å². The van der Waals surface area contributed by atoms with Gasteiger partial charge in [-0.1, -0.05) is 6.07 Å². The summed E-state index contributed by atoms with van der Waals surface area (Å²) < 4.78 is 3.78. The molecule has 3 aromatic heterocycles. The third kappa shape index (κ3) is 2.38. The Morgan fingerprint density at radius 3 is 3.04 bits per heavy atom. The van der Waals surface area contributed by atoms with Crippen LogP contribution in [-0.2, 0) is 7.05 Å². The molecule has 1 fully saturated rings. The molecule has 3 aromatic rings. The first kappa shape index (κ1) is 13.9. The second kappa shape index (κ2) is 5.49. The van der Waals surface area contributed by atoms with Gasteiger partial charge in [-0.3, -0.25) is 9.20 Å². The lowest BCUT2D eigenvalue weighted by Crippen LogP contribution is -2.40. The van der Waals surface area contributed by atoms with E-state index in [1.54, 1.807) is 17.1 Å². The van der Waals surface area contributed by atoms with Crippen LogP contribution in [0.4, 0.5) is 0 Å². The van der Waals surface area contributed by atoms with Crippen molar-refractivity contribution in [2.75, 3.05) is 13.1 Å². The maximum Gasteiger partial charge on any atom is 0.272 e. The molecule has 23 heavy (non-hydrogen) atoms. The molecule has 0 aliphatic carbocycles. The normalized spacial score (nSPS) is 18.5. The number of hydrogen-bond acceptors (Lipinski definition) is 4. The third-order valence-electron chi connectivity index (χ3n) is 4.45. The smallest absolute Gasteiger partial charge is 0.272 e. The summed E-state index contributed by atoms with van der Waals surface area (Å²) in [6.45, 7) is 1.44. The van der Waals surface area contributed by atoms with Crippen molar-refractivity contribution in [2.45, 2.75) is 18.8 Å². The van der Waals surface area contributed by atoms with Crippen LogP contribution in [0.15, 0.2) is 36.9 Å². The van der Waals surface area contributed by atoms with Gasteiger partial charge in [0.15, 0.2) is 5.65 Å². The van der Waals surface area contributed by atoms with Crippen molar-refractivity contribution >= 4 is 11.6 Å². The number of carbonyl (C=O) groups excluding carboxylic acids is 1. The zero-order chi connectivity index (χ0) is 15.8. The molecule has 0 radical (unpaired) electrons. The SMILES string of the molecule is Cn1cncc1C(=O)N1CCC[C@H](c2nnc3ccccn23)C1. The molecule has 0 bridgehead atoms. The predicted octanol–water partition coefficient (Wildman–Crippen LogP) is 1.48. The zero-order valence-corrected chi connectivity index (χ0v) is 13.0. The van der Waals surface area contributed by atoms with E-state index in [1.165, 1.54) is 0 Å². The van der Waals surface area contributed by atoms with Crippen LogP contribution < -0.4 is 0 Å². The lowest BCUT2D eigenvalue weighted by Gasteiger charge is -2.31. The van der Waals surface area contributed by atoms with Crippen molar-refractivity contribution in [2.24, 2.45) is 7.05 Å². The number of fused-ring (bicyclic) bond motifs is 1. The molecule has 1 aliphatic rings. The van der Waals surface area contributed by atoms with Crippen LogP contribution in [0.1, 0.15) is 35.1 Å². The average Bonchev–Trinajstić information content (AvgIpc) is 3.20. The van der Waals surface area contributed by atoms with E-state index in [1.807, 2.05) is 40.7 Å². The highest BCUT2D eigenvalue weighted by molar-refractivity contribution is 5.92. The molecule has 1 amide bonds. The fourth-order valence-electron chi connectivity index (χ4n) is 3.24. The van der Waals surface area contributed by atoms with E-state index in [-0.39, 0.29) is 11.8 Å². The Morgan fingerprint density at radius 1 is 1.30 bits per heavy atom. The van der Waals surface area contributed by atoms with Crippen molar-refractivity contribution in [3.8, 4) is 0 Å². The molecule has 1 saturated heterocycles. The first-order valence-corrected chi connectivity index (χ1v) is 7.79. The summed E-state index contributed by atoms with van der Waals surface area (Å²) in [7, 11) is 1.84. The number of rotatable bonds is 2. The largest absolute Gasteiger partial charge is 0.337 e. The topological polar surface area (TPSA) is 68.3 Å². The van der Waals surface area contributed by atoms with Gasteiger partial charge in [0.2, 0.25) is 0 Å². The van der Waals surface area contributed by atoms with Gasteiger partial charge >= 0.3 is 0 Å². The van der Waals surface area contributed by atoms with E-state index in [9.17, 15) is 4.79 Å². The van der Waals surface area contributed by atoms with E-state index < -0.39 is 0 Å². The van der Waals surface area contributed by atoms with Crippen LogP contribution in [0.25, 0.3) is 5.65 Å². The van der Waals surface area contributed by atoms with Gasteiger partial charge in [-0.25, -0.2) is 4.98 Å². The minimum Gasteiger partial charge on any atom is -0.337 e. The Morgan fingerprint density at radius 2 is 2.22 bits per heavy atom. The number of likely N-dealkylation sites (tertiary alicyclic amines) is 1. The lowest BCUT2D eigenvalue weighted by atomic mass is 9.97. The Kier molecular flexibility index (Phi) is 3.33. The van der Waals surface area contributed by atoms with E-state index in [0.717, 1.165) is 30.9 Å². The molecule has 118 valence electrons. The second-order valence-corrected chi connectivity index (χ2v) is 5.97. The molecule has 0 aromatic carbocycles. The van der Waals surface area contributed by atoms with E-state index in [0.29, 0.717) is 12.2 Å². The number of aromatic nitrogens is 5. The third-order valence-corrected chi connectivity index (χ3v) is 4.45. The summed E-state index contributed by atoms with van der Waals surface area (Å²) in [6.07, 6.45) is 7.24. The Labute approximate surface area is 133 Å². The number of piperidine rings is 1. The molecular weight excluding hydrogens is 292 g/mol. The quantitative estimate of drug-likeness (QED) is 0.719. The van der Waals surface area contributed by atoms with Gasteiger partial charge in [0.1, 0.15) is 11.5 Å². The standard InChI is InChI=1S/C16H18N6O/c1-20-11-17-9-13(20)16(23)21-7-4-5-12(10-21)15-19-18-14-6-2-3-8-22(14)15/h2-3,6,8-9,11-12H,4-5,7,10H2,1H3/t12-/m0/s1. The van der Waals surface area contributed by atoms with Gasteiger partial charge < -0.3 is 9.47 Å². The van der Waals surface area contributed by atoms with Crippen molar-refractivity contribution in [3.05, 3.63) is 48.4 Å². The number of imidazole rings is 1. The van der Waals surface area contributed by atoms with Crippen molar-refractivity contribution in [3.63, 3.8) is 0 Å². The number of hydrogen-bond donors (Lipinski definition) is 0. The summed E-state index contributed by atoms with van der Waals surface area (Å²) in [5, 5.41) is 8.57. The molecule has 7 nitrogen and oxygen atoms in total. The van der Waals surface area contributed by atoms with Gasteiger partial charge in [0.05, 0.1) is 12.5 Å². The van der Waals surface area contributed by atoms with E-state index in [4.69, 9.17) is 0 Å². The van der Waals surface area contributed by atoms with Crippen molar-refractivity contribution in [1.82, 2.24) is 29.0 Å². The highest BCUT2D eigenvalue weighted by atomic mass is 16.2. The van der Waals surface area contributed by atoms with Crippen LogP contribution in [-0.4, -0.2) is 48.0 Å². The average molecular weight is 310 g/mol. The Bertz CT molecular complexity index is 851. The number of pyridine rings is 1. The van der Waals surface area contributed by atoms with Crippen molar-refractivity contribution in [1.29, 1.82) is 0 Å². The number of carbonyl (C=O) groups is 1.